The van der Waals surface area contributed by atoms with Crippen LogP contribution < -0.4 is 14.8 Å². The van der Waals surface area contributed by atoms with Crippen LogP contribution in [0.2, 0.25) is 0 Å². The number of para-hydroxylation sites is 1. The van der Waals surface area contributed by atoms with Gasteiger partial charge in [-0.1, -0.05) is 36.4 Å². The highest BCUT2D eigenvalue weighted by Gasteiger charge is 2.17. The summed E-state index contributed by atoms with van der Waals surface area (Å²) in [6.45, 7) is -0.227. The summed E-state index contributed by atoms with van der Waals surface area (Å²) in [6.07, 6.45) is 0.479. The zero-order chi connectivity index (χ0) is 21.3. The molecule has 30 heavy (non-hydrogen) atoms. The number of hydrogen-bond donors (Lipinski definition) is 1. The van der Waals surface area contributed by atoms with E-state index in [1.165, 1.54) is 12.1 Å². The molecule has 0 aliphatic carbocycles. The number of amides is 1. The summed E-state index contributed by atoms with van der Waals surface area (Å²) < 4.78 is 24.0. The van der Waals surface area contributed by atoms with Gasteiger partial charge in [0.05, 0.1) is 18.7 Å². The van der Waals surface area contributed by atoms with Gasteiger partial charge in [0.1, 0.15) is 23.4 Å². The number of nitrogens with zero attached hydrogens (tertiary/aromatic N) is 1. The summed E-state index contributed by atoms with van der Waals surface area (Å²) >= 11 is 0. The highest BCUT2D eigenvalue weighted by molar-refractivity contribution is 5.78. The van der Waals surface area contributed by atoms with E-state index < -0.39 is 0 Å². The Bertz CT molecular complexity index is 1030. The van der Waals surface area contributed by atoms with Crippen LogP contribution in [0.15, 0.2) is 72.8 Å². The van der Waals surface area contributed by atoms with Gasteiger partial charge >= 0.3 is 0 Å². The number of benzene rings is 3. The predicted molar refractivity (Wildman–Crippen MR) is 111 cm³/mol. The monoisotopic (exact) mass is 404 g/mol. The van der Waals surface area contributed by atoms with Crippen LogP contribution in [0, 0.1) is 17.1 Å². The van der Waals surface area contributed by atoms with Gasteiger partial charge in [-0.05, 0) is 53.9 Å². The number of carbonyl (C=O) groups is 1. The molecule has 0 heterocycles. The summed E-state index contributed by atoms with van der Waals surface area (Å²) in [6, 6.07) is 22.0. The van der Waals surface area contributed by atoms with E-state index in [2.05, 4.69) is 5.32 Å². The largest absolute Gasteiger partial charge is 0.497 e. The molecule has 1 atom stereocenters. The molecule has 1 N–H and O–H groups in total. The van der Waals surface area contributed by atoms with Crippen molar-refractivity contribution in [2.75, 3.05) is 13.7 Å². The average Bonchev–Trinajstić information content (AvgIpc) is 2.79. The summed E-state index contributed by atoms with van der Waals surface area (Å²) in [5.74, 6) is 0.427. The zero-order valence-corrected chi connectivity index (χ0v) is 16.5. The van der Waals surface area contributed by atoms with Crippen LogP contribution in [0.25, 0.3) is 0 Å². The van der Waals surface area contributed by atoms with Crippen LogP contribution in [-0.4, -0.2) is 19.6 Å². The second-order valence-corrected chi connectivity index (χ2v) is 6.62. The molecule has 1 amide bonds. The summed E-state index contributed by atoms with van der Waals surface area (Å²) in [7, 11) is 1.59. The molecule has 0 aromatic heterocycles. The molecule has 3 aromatic carbocycles. The number of nitriles is 1. The van der Waals surface area contributed by atoms with Crippen molar-refractivity contribution in [3.05, 3.63) is 95.3 Å². The van der Waals surface area contributed by atoms with Gasteiger partial charge in [0.2, 0.25) is 0 Å². The number of carbonyl (C=O) groups excluding carboxylic acids is 1. The molecular weight excluding hydrogens is 383 g/mol. The molecule has 0 saturated carbocycles. The van der Waals surface area contributed by atoms with Gasteiger partial charge in [-0.2, -0.15) is 5.26 Å². The molecule has 0 fully saturated rings. The minimum absolute atomic E-state index is 0.227. The van der Waals surface area contributed by atoms with Gasteiger partial charge in [-0.15, -0.1) is 0 Å². The lowest BCUT2D eigenvalue weighted by atomic mass is 9.98. The second kappa shape index (κ2) is 10.1. The third-order valence-corrected chi connectivity index (χ3v) is 4.57. The lowest BCUT2D eigenvalue weighted by Gasteiger charge is -2.20. The normalized spacial score (nSPS) is 11.2. The van der Waals surface area contributed by atoms with Crippen molar-refractivity contribution < 1.29 is 18.7 Å². The SMILES string of the molecule is COc1ccc(C(Cc2ccc(F)cc2)NC(=O)COc2ccccc2C#N)cc1. The summed E-state index contributed by atoms with van der Waals surface area (Å²) in [4.78, 5) is 12.6. The molecule has 152 valence electrons. The van der Waals surface area contributed by atoms with E-state index in [1.54, 1.807) is 43.5 Å². The Morgan fingerprint density at radius 3 is 2.43 bits per heavy atom. The van der Waals surface area contributed by atoms with E-state index in [4.69, 9.17) is 14.7 Å². The maximum Gasteiger partial charge on any atom is 0.258 e. The minimum Gasteiger partial charge on any atom is -0.497 e. The van der Waals surface area contributed by atoms with Crippen LogP contribution in [0.1, 0.15) is 22.7 Å². The van der Waals surface area contributed by atoms with Crippen LogP contribution in [0.5, 0.6) is 11.5 Å². The van der Waals surface area contributed by atoms with E-state index in [1.807, 2.05) is 30.3 Å². The number of halogens is 1. The third-order valence-electron chi connectivity index (χ3n) is 4.57. The Hall–Kier alpha value is -3.85. The topological polar surface area (TPSA) is 71.3 Å². The summed E-state index contributed by atoms with van der Waals surface area (Å²) in [5.41, 5.74) is 2.13. The summed E-state index contributed by atoms with van der Waals surface area (Å²) in [5, 5.41) is 12.1. The van der Waals surface area contributed by atoms with Crippen molar-refractivity contribution in [1.29, 1.82) is 5.26 Å². The predicted octanol–water partition coefficient (Wildman–Crippen LogP) is 4.18. The van der Waals surface area contributed by atoms with Crippen molar-refractivity contribution in [3.8, 4) is 17.6 Å². The molecule has 1 unspecified atom stereocenters. The lowest BCUT2D eigenvalue weighted by molar-refractivity contribution is -0.123. The van der Waals surface area contributed by atoms with Crippen molar-refractivity contribution in [2.45, 2.75) is 12.5 Å². The molecule has 0 saturated heterocycles. The molecular formula is C24H21FN2O3. The van der Waals surface area contributed by atoms with Gasteiger partial charge in [-0.3, -0.25) is 4.79 Å². The standard InChI is InChI=1S/C24H21FN2O3/c1-29-21-12-8-18(9-13-21)22(14-17-6-10-20(25)11-7-17)27-24(28)16-30-23-5-3-2-4-19(23)15-26/h2-13,22H,14,16H2,1H3,(H,27,28). The molecule has 3 aromatic rings. The van der Waals surface area contributed by atoms with Crippen LogP contribution in [0.3, 0.4) is 0 Å². The van der Waals surface area contributed by atoms with E-state index >= 15 is 0 Å². The van der Waals surface area contributed by atoms with Crippen molar-refractivity contribution >= 4 is 5.91 Å². The Balaban J connectivity index is 1.72. The average molecular weight is 404 g/mol. The molecule has 0 bridgehead atoms. The van der Waals surface area contributed by atoms with Crippen LogP contribution >= 0.6 is 0 Å². The Labute approximate surface area is 174 Å². The fourth-order valence-corrected chi connectivity index (χ4v) is 3.01. The smallest absolute Gasteiger partial charge is 0.258 e. The first kappa shape index (κ1) is 20.9. The molecule has 6 heteroatoms. The molecule has 5 nitrogen and oxygen atoms in total. The highest BCUT2D eigenvalue weighted by atomic mass is 19.1. The number of hydrogen-bond acceptors (Lipinski definition) is 4. The Morgan fingerprint density at radius 2 is 1.77 bits per heavy atom. The first-order valence-corrected chi connectivity index (χ1v) is 9.38. The van der Waals surface area contributed by atoms with Crippen LogP contribution in [0.4, 0.5) is 4.39 Å². The first-order chi connectivity index (χ1) is 14.6. The first-order valence-electron chi connectivity index (χ1n) is 9.38. The lowest BCUT2D eigenvalue weighted by Crippen LogP contribution is -2.33. The number of rotatable bonds is 8. The van der Waals surface area contributed by atoms with Crippen molar-refractivity contribution in [2.24, 2.45) is 0 Å². The maximum absolute atomic E-state index is 13.2. The molecule has 0 aliphatic rings. The van der Waals surface area contributed by atoms with Gasteiger partial charge in [0, 0.05) is 0 Å². The third kappa shape index (κ3) is 5.58. The second-order valence-electron chi connectivity index (χ2n) is 6.62. The van der Waals surface area contributed by atoms with Gasteiger partial charge in [0.15, 0.2) is 6.61 Å². The van der Waals surface area contributed by atoms with E-state index in [9.17, 15) is 9.18 Å². The highest BCUT2D eigenvalue weighted by Crippen LogP contribution is 2.22. The Morgan fingerprint density at radius 1 is 1.07 bits per heavy atom. The van der Waals surface area contributed by atoms with Crippen molar-refractivity contribution in [3.63, 3.8) is 0 Å². The zero-order valence-electron chi connectivity index (χ0n) is 16.5. The van der Waals surface area contributed by atoms with Gasteiger partial charge in [0.25, 0.3) is 5.91 Å². The molecule has 3 rings (SSSR count). The Kier molecular flexibility index (Phi) is 7.01. The quantitative estimate of drug-likeness (QED) is 0.611. The van der Waals surface area contributed by atoms with Gasteiger partial charge < -0.3 is 14.8 Å². The van der Waals surface area contributed by atoms with E-state index in [0.717, 1.165) is 11.1 Å². The van der Waals surface area contributed by atoms with Crippen molar-refractivity contribution in [1.82, 2.24) is 5.32 Å². The molecule has 0 radical (unpaired) electrons. The minimum atomic E-state index is -0.344. The van der Waals surface area contributed by atoms with E-state index in [-0.39, 0.29) is 24.4 Å². The fourth-order valence-electron chi connectivity index (χ4n) is 3.01. The van der Waals surface area contributed by atoms with E-state index in [0.29, 0.717) is 23.5 Å². The number of ether oxygens (including phenoxy) is 2. The molecule has 0 spiro atoms. The number of methoxy groups -OCH3 is 1. The van der Waals surface area contributed by atoms with Gasteiger partial charge in [-0.25, -0.2) is 4.39 Å². The fraction of sp³-hybridized carbons (Fsp3) is 0.167. The van der Waals surface area contributed by atoms with Crippen LogP contribution in [-0.2, 0) is 11.2 Å². The molecule has 0 aliphatic heterocycles. The maximum atomic E-state index is 13.2. The number of nitrogens with one attached hydrogen (secondary N) is 1.